The Morgan fingerprint density at radius 3 is 3.00 bits per heavy atom. The summed E-state index contributed by atoms with van der Waals surface area (Å²) in [6.07, 6.45) is 6.52. The SMILES string of the molecule is Cc1ccc(C(=O)NCC2CCCC(Br)C2)cn1. The summed E-state index contributed by atoms with van der Waals surface area (Å²) >= 11 is 3.67. The number of aromatic nitrogens is 1. The van der Waals surface area contributed by atoms with Gasteiger partial charge in [-0.1, -0.05) is 22.4 Å². The van der Waals surface area contributed by atoms with Gasteiger partial charge in [-0.15, -0.1) is 0 Å². The van der Waals surface area contributed by atoms with E-state index in [4.69, 9.17) is 0 Å². The molecule has 0 aliphatic heterocycles. The molecule has 0 bridgehead atoms. The first-order valence-corrected chi connectivity index (χ1v) is 7.41. The van der Waals surface area contributed by atoms with Crippen LogP contribution in [0.4, 0.5) is 0 Å². The molecule has 0 saturated heterocycles. The number of amides is 1. The largest absolute Gasteiger partial charge is 0.352 e. The van der Waals surface area contributed by atoms with Gasteiger partial charge in [0.15, 0.2) is 0 Å². The fourth-order valence-electron chi connectivity index (χ4n) is 2.35. The Balaban J connectivity index is 1.82. The second-order valence-corrected chi connectivity index (χ2v) is 6.32. The maximum absolute atomic E-state index is 11.9. The number of aryl methyl sites for hydroxylation is 1. The number of alkyl halides is 1. The molecule has 3 nitrogen and oxygen atoms in total. The molecule has 4 heteroatoms. The van der Waals surface area contributed by atoms with Crippen LogP contribution in [0, 0.1) is 12.8 Å². The number of carbonyl (C=O) groups excluding carboxylic acids is 1. The highest BCUT2D eigenvalue weighted by molar-refractivity contribution is 9.09. The van der Waals surface area contributed by atoms with E-state index in [-0.39, 0.29) is 5.91 Å². The number of hydrogen-bond donors (Lipinski definition) is 1. The molecule has 1 heterocycles. The smallest absolute Gasteiger partial charge is 0.252 e. The lowest BCUT2D eigenvalue weighted by atomic mass is 9.89. The molecule has 1 amide bonds. The van der Waals surface area contributed by atoms with Crippen molar-refractivity contribution < 1.29 is 4.79 Å². The maximum Gasteiger partial charge on any atom is 0.252 e. The van der Waals surface area contributed by atoms with E-state index in [0.29, 0.717) is 16.3 Å². The van der Waals surface area contributed by atoms with Crippen LogP contribution in [0.15, 0.2) is 18.3 Å². The van der Waals surface area contributed by atoms with Crippen LogP contribution >= 0.6 is 15.9 Å². The van der Waals surface area contributed by atoms with Gasteiger partial charge in [-0.2, -0.15) is 0 Å². The predicted molar refractivity (Wildman–Crippen MR) is 76.0 cm³/mol. The van der Waals surface area contributed by atoms with Crippen molar-refractivity contribution in [2.45, 2.75) is 37.4 Å². The minimum absolute atomic E-state index is 0.0146. The summed E-state index contributed by atoms with van der Waals surface area (Å²) in [5.41, 5.74) is 1.58. The molecule has 1 aromatic rings. The van der Waals surface area contributed by atoms with E-state index >= 15 is 0 Å². The van der Waals surface area contributed by atoms with E-state index in [0.717, 1.165) is 18.7 Å². The number of hydrogen-bond acceptors (Lipinski definition) is 2. The molecule has 1 aromatic heterocycles. The van der Waals surface area contributed by atoms with E-state index < -0.39 is 0 Å². The van der Waals surface area contributed by atoms with Crippen LogP contribution in [0.2, 0.25) is 0 Å². The van der Waals surface area contributed by atoms with E-state index in [1.54, 1.807) is 6.20 Å². The molecule has 0 radical (unpaired) electrons. The number of rotatable bonds is 3. The second-order valence-electron chi connectivity index (χ2n) is 5.03. The molecular formula is C14H19BrN2O. The van der Waals surface area contributed by atoms with Crippen LogP contribution < -0.4 is 5.32 Å². The summed E-state index contributed by atoms with van der Waals surface area (Å²) in [5, 5.41) is 3.01. The molecule has 0 spiro atoms. The summed E-state index contributed by atoms with van der Waals surface area (Å²) < 4.78 is 0. The first kappa shape index (κ1) is 13.5. The van der Waals surface area contributed by atoms with Crippen LogP contribution in [-0.2, 0) is 0 Å². The second kappa shape index (κ2) is 6.32. The Labute approximate surface area is 117 Å². The lowest BCUT2D eigenvalue weighted by Gasteiger charge is -2.25. The van der Waals surface area contributed by atoms with Crippen molar-refractivity contribution >= 4 is 21.8 Å². The van der Waals surface area contributed by atoms with Crippen LogP contribution in [0.1, 0.15) is 41.7 Å². The Kier molecular flexibility index (Phi) is 4.75. The van der Waals surface area contributed by atoms with Crippen molar-refractivity contribution in [2.75, 3.05) is 6.54 Å². The first-order chi connectivity index (χ1) is 8.65. The van der Waals surface area contributed by atoms with E-state index in [9.17, 15) is 4.79 Å². The fourth-order valence-corrected chi connectivity index (χ4v) is 3.20. The minimum atomic E-state index is -0.0146. The molecule has 2 unspecified atom stereocenters. The normalized spacial score (nSPS) is 23.7. The van der Waals surface area contributed by atoms with Gasteiger partial charge < -0.3 is 5.32 Å². The highest BCUT2D eigenvalue weighted by atomic mass is 79.9. The molecule has 1 N–H and O–H groups in total. The van der Waals surface area contributed by atoms with Gasteiger partial charge in [0.05, 0.1) is 5.56 Å². The Morgan fingerprint density at radius 2 is 2.33 bits per heavy atom. The van der Waals surface area contributed by atoms with Crippen molar-refractivity contribution in [3.05, 3.63) is 29.6 Å². The van der Waals surface area contributed by atoms with Gasteiger partial charge >= 0.3 is 0 Å². The zero-order valence-corrected chi connectivity index (χ0v) is 12.2. The highest BCUT2D eigenvalue weighted by Crippen LogP contribution is 2.28. The molecule has 98 valence electrons. The third-order valence-corrected chi connectivity index (χ3v) is 4.28. The van der Waals surface area contributed by atoms with Crippen LogP contribution in [0.3, 0.4) is 0 Å². The van der Waals surface area contributed by atoms with Crippen LogP contribution in [0.25, 0.3) is 0 Å². The Hall–Kier alpha value is -0.900. The van der Waals surface area contributed by atoms with Crippen LogP contribution in [0.5, 0.6) is 0 Å². The average molecular weight is 311 g/mol. The van der Waals surface area contributed by atoms with Gasteiger partial charge in [-0.25, -0.2) is 0 Å². The summed E-state index contributed by atoms with van der Waals surface area (Å²) in [6.45, 7) is 2.69. The zero-order valence-electron chi connectivity index (χ0n) is 10.7. The van der Waals surface area contributed by atoms with Crippen molar-refractivity contribution in [1.29, 1.82) is 0 Å². The molecule has 18 heavy (non-hydrogen) atoms. The number of carbonyl (C=O) groups is 1. The Bertz CT molecular complexity index is 405. The van der Waals surface area contributed by atoms with Gasteiger partial charge in [0.25, 0.3) is 5.91 Å². The third kappa shape index (κ3) is 3.80. The van der Waals surface area contributed by atoms with Crippen molar-refractivity contribution in [1.82, 2.24) is 10.3 Å². The molecular weight excluding hydrogens is 292 g/mol. The maximum atomic E-state index is 11.9. The van der Waals surface area contributed by atoms with Crippen molar-refractivity contribution in [3.63, 3.8) is 0 Å². The molecule has 2 atom stereocenters. The quantitative estimate of drug-likeness (QED) is 0.872. The van der Waals surface area contributed by atoms with Crippen LogP contribution in [-0.4, -0.2) is 22.3 Å². The van der Waals surface area contributed by atoms with Crippen molar-refractivity contribution in [3.8, 4) is 0 Å². The summed E-state index contributed by atoms with van der Waals surface area (Å²) in [7, 11) is 0. The van der Waals surface area contributed by atoms with E-state index in [1.165, 1.54) is 19.3 Å². The first-order valence-electron chi connectivity index (χ1n) is 6.50. The van der Waals surface area contributed by atoms with Gasteiger partial charge in [-0.05, 0) is 44.2 Å². The molecule has 1 saturated carbocycles. The lowest BCUT2D eigenvalue weighted by Crippen LogP contribution is -2.32. The molecule has 1 aliphatic carbocycles. The number of pyridine rings is 1. The Morgan fingerprint density at radius 1 is 1.50 bits per heavy atom. The van der Waals surface area contributed by atoms with Gasteiger partial charge in [-0.3, -0.25) is 9.78 Å². The summed E-state index contributed by atoms with van der Waals surface area (Å²) in [4.78, 5) is 16.7. The number of nitrogens with zero attached hydrogens (tertiary/aromatic N) is 1. The van der Waals surface area contributed by atoms with Gasteiger partial charge in [0, 0.05) is 23.3 Å². The van der Waals surface area contributed by atoms with Gasteiger partial charge in [0.2, 0.25) is 0 Å². The average Bonchev–Trinajstić information content (AvgIpc) is 2.37. The number of nitrogens with one attached hydrogen (secondary N) is 1. The molecule has 2 rings (SSSR count). The molecule has 1 aliphatic rings. The fraction of sp³-hybridized carbons (Fsp3) is 0.571. The zero-order chi connectivity index (χ0) is 13.0. The molecule has 1 fully saturated rings. The topological polar surface area (TPSA) is 42.0 Å². The van der Waals surface area contributed by atoms with Gasteiger partial charge in [0.1, 0.15) is 0 Å². The van der Waals surface area contributed by atoms with E-state index in [1.807, 2.05) is 19.1 Å². The number of halogens is 1. The van der Waals surface area contributed by atoms with E-state index in [2.05, 4.69) is 26.2 Å². The minimum Gasteiger partial charge on any atom is -0.352 e. The lowest BCUT2D eigenvalue weighted by molar-refractivity contribution is 0.0943. The summed E-state index contributed by atoms with van der Waals surface area (Å²) in [5.74, 6) is 0.588. The third-order valence-electron chi connectivity index (χ3n) is 3.44. The molecule has 0 aromatic carbocycles. The van der Waals surface area contributed by atoms with Crippen molar-refractivity contribution in [2.24, 2.45) is 5.92 Å². The standard InChI is InChI=1S/C14H19BrN2O/c1-10-5-6-12(9-16-10)14(18)17-8-11-3-2-4-13(15)7-11/h5-6,9,11,13H,2-4,7-8H2,1H3,(H,17,18). The summed E-state index contributed by atoms with van der Waals surface area (Å²) in [6, 6.07) is 3.69. The monoisotopic (exact) mass is 310 g/mol. The highest BCUT2D eigenvalue weighted by Gasteiger charge is 2.20. The predicted octanol–water partition coefficient (Wildman–Crippen LogP) is 3.07.